The van der Waals surface area contributed by atoms with Gasteiger partial charge in [-0.2, -0.15) is 0 Å². The maximum Gasteiger partial charge on any atom is 0.300 e. The number of aliphatic hydroxyl groups excluding tert-OH is 1. The van der Waals surface area contributed by atoms with Crippen molar-refractivity contribution in [2.45, 2.75) is 25.9 Å². The van der Waals surface area contributed by atoms with E-state index >= 15 is 0 Å². The van der Waals surface area contributed by atoms with Gasteiger partial charge in [0.25, 0.3) is 5.97 Å². The summed E-state index contributed by atoms with van der Waals surface area (Å²) in [5.41, 5.74) is 1.51. The van der Waals surface area contributed by atoms with Gasteiger partial charge >= 0.3 is 0 Å². The summed E-state index contributed by atoms with van der Waals surface area (Å²) >= 11 is 0. The number of hydrogen-bond donors (Lipinski definition) is 3. The van der Waals surface area contributed by atoms with Crippen LogP contribution in [0.1, 0.15) is 30.6 Å². The highest BCUT2D eigenvalue weighted by Gasteiger charge is 2.14. The number of aliphatic hydroxyl groups is 1. The van der Waals surface area contributed by atoms with Gasteiger partial charge < -0.3 is 20.2 Å². The molecule has 0 saturated carbocycles. The molecule has 0 aliphatic heterocycles. The number of likely N-dealkylation sites (N-methyl/N-ethyl adjacent to an activating group) is 1. The number of carboxylic acid groups (broad SMARTS) is 1. The lowest BCUT2D eigenvalue weighted by Crippen LogP contribution is -2.26. The number of carbonyl (C=O) groups is 1. The van der Waals surface area contributed by atoms with Crippen LogP contribution < -0.4 is 0 Å². The summed E-state index contributed by atoms with van der Waals surface area (Å²) in [6, 6.07) is 13.5. The van der Waals surface area contributed by atoms with Crippen molar-refractivity contribution in [1.29, 1.82) is 0 Å². The molecule has 0 aliphatic carbocycles. The maximum absolute atomic E-state index is 13.6. The average Bonchev–Trinajstić information content (AvgIpc) is 2.56. The second-order valence-electron chi connectivity index (χ2n) is 6.09. The lowest BCUT2D eigenvalue weighted by atomic mass is 10.1. The zero-order valence-corrected chi connectivity index (χ0v) is 15.1. The van der Waals surface area contributed by atoms with E-state index in [-0.39, 0.29) is 11.6 Å². The van der Waals surface area contributed by atoms with Crippen molar-refractivity contribution in [1.82, 2.24) is 4.90 Å². The van der Waals surface area contributed by atoms with Crippen LogP contribution in [0.25, 0.3) is 0 Å². The Kier molecular flexibility index (Phi) is 9.33. The minimum atomic E-state index is -0.833. The van der Waals surface area contributed by atoms with Gasteiger partial charge in [-0.05, 0) is 50.2 Å². The van der Waals surface area contributed by atoms with Crippen LogP contribution in [0.4, 0.5) is 4.39 Å². The van der Waals surface area contributed by atoms with E-state index in [4.69, 9.17) is 9.90 Å². The van der Waals surface area contributed by atoms with Crippen molar-refractivity contribution in [3.8, 4) is 5.75 Å². The molecule has 2 rings (SSSR count). The fourth-order valence-corrected chi connectivity index (χ4v) is 2.45. The minimum Gasteiger partial charge on any atom is -0.508 e. The number of benzene rings is 2. The van der Waals surface area contributed by atoms with E-state index in [0.29, 0.717) is 12.1 Å². The van der Waals surface area contributed by atoms with E-state index in [2.05, 4.69) is 0 Å². The Labute approximate surface area is 153 Å². The van der Waals surface area contributed by atoms with Crippen molar-refractivity contribution in [3.63, 3.8) is 0 Å². The molecular formula is C20H26FNO4. The van der Waals surface area contributed by atoms with Gasteiger partial charge in [0, 0.05) is 19.0 Å². The molecule has 2 aromatic rings. The normalized spacial score (nSPS) is 11.6. The quantitative estimate of drug-likeness (QED) is 0.704. The Hall–Kier alpha value is -2.44. The third-order valence-electron chi connectivity index (χ3n) is 3.69. The van der Waals surface area contributed by atoms with Crippen molar-refractivity contribution >= 4 is 5.97 Å². The van der Waals surface area contributed by atoms with Crippen molar-refractivity contribution in [3.05, 3.63) is 65.5 Å². The summed E-state index contributed by atoms with van der Waals surface area (Å²) in [4.78, 5) is 11.0. The third-order valence-corrected chi connectivity index (χ3v) is 3.69. The summed E-state index contributed by atoms with van der Waals surface area (Å²) in [7, 11) is 1.92. The van der Waals surface area contributed by atoms with E-state index in [1.165, 1.54) is 11.6 Å². The number of halogens is 1. The molecule has 0 unspecified atom stereocenters. The van der Waals surface area contributed by atoms with E-state index in [9.17, 15) is 14.6 Å². The summed E-state index contributed by atoms with van der Waals surface area (Å²) in [6.07, 6.45) is 1.02. The molecule has 0 saturated heterocycles. The number of aryl methyl sites for hydroxylation is 1. The SMILES string of the molecule is CC(=O)O.CN(CCCc1ccc(O)cc1)C[C@@H](O)c1ccccc1F. The average molecular weight is 363 g/mol. The molecule has 2 aromatic carbocycles. The van der Waals surface area contributed by atoms with Crippen LogP contribution in [0.3, 0.4) is 0 Å². The molecule has 0 aliphatic rings. The topological polar surface area (TPSA) is 81.0 Å². The summed E-state index contributed by atoms with van der Waals surface area (Å²) in [6.45, 7) is 2.29. The van der Waals surface area contributed by atoms with E-state index < -0.39 is 12.1 Å². The molecule has 0 bridgehead atoms. The lowest BCUT2D eigenvalue weighted by molar-refractivity contribution is -0.134. The number of phenolic OH excluding ortho intramolecular Hbond substituents is 1. The standard InChI is InChI=1S/C18H22FNO2.C2H4O2/c1-20(12-4-5-14-8-10-15(21)11-9-14)13-18(22)16-6-2-3-7-17(16)19;1-2(3)4/h2-3,6-11,18,21-22H,4-5,12-13H2,1H3;1H3,(H,3,4)/t18-;/m1./s1. The number of rotatable bonds is 7. The first kappa shape index (κ1) is 21.6. The Morgan fingerprint density at radius 3 is 2.31 bits per heavy atom. The highest BCUT2D eigenvalue weighted by molar-refractivity contribution is 5.62. The van der Waals surface area contributed by atoms with Crippen LogP contribution in [-0.4, -0.2) is 46.3 Å². The van der Waals surface area contributed by atoms with Gasteiger partial charge in [0.2, 0.25) is 0 Å². The first-order valence-electron chi connectivity index (χ1n) is 8.38. The van der Waals surface area contributed by atoms with Gasteiger partial charge in [0.05, 0.1) is 6.10 Å². The highest BCUT2D eigenvalue weighted by Crippen LogP contribution is 2.17. The first-order valence-corrected chi connectivity index (χ1v) is 8.38. The zero-order chi connectivity index (χ0) is 19.5. The van der Waals surface area contributed by atoms with Crippen LogP contribution in [0.15, 0.2) is 48.5 Å². The monoisotopic (exact) mass is 363 g/mol. The number of nitrogens with zero attached hydrogens (tertiary/aromatic N) is 1. The first-order chi connectivity index (χ1) is 12.3. The molecule has 26 heavy (non-hydrogen) atoms. The molecule has 0 amide bonds. The van der Waals surface area contributed by atoms with Crippen LogP contribution in [0.2, 0.25) is 0 Å². The molecule has 5 nitrogen and oxygen atoms in total. The van der Waals surface area contributed by atoms with Gasteiger partial charge in [-0.15, -0.1) is 0 Å². The molecule has 3 N–H and O–H groups in total. The van der Waals surface area contributed by atoms with E-state index in [1.54, 1.807) is 30.3 Å². The van der Waals surface area contributed by atoms with Crippen molar-refractivity contribution < 1.29 is 24.5 Å². The maximum atomic E-state index is 13.6. The number of aromatic hydroxyl groups is 1. The van der Waals surface area contributed by atoms with Crippen molar-refractivity contribution in [2.24, 2.45) is 0 Å². The molecule has 0 spiro atoms. The Balaban J connectivity index is 0.000000765. The number of hydrogen-bond acceptors (Lipinski definition) is 4. The van der Waals surface area contributed by atoms with Crippen LogP contribution in [0.5, 0.6) is 5.75 Å². The molecule has 0 heterocycles. The second-order valence-corrected chi connectivity index (χ2v) is 6.09. The Morgan fingerprint density at radius 2 is 1.73 bits per heavy atom. The van der Waals surface area contributed by atoms with Crippen LogP contribution >= 0.6 is 0 Å². The summed E-state index contributed by atoms with van der Waals surface area (Å²) in [5.74, 6) is -0.929. The minimum absolute atomic E-state index is 0.272. The molecule has 0 fully saturated rings. The van der Waals surface area contributed by atoms with Gasteiger partial charge in [0.15, 0.2) is 0 Å². The zero-order valence-electron chi connectivity index (χ0n) is 15.1. The molecule has 0 aromatic heterocycles. The van der Waals surface area contributed by atoms with Gasteiger partial charge in [0.1, 0.15) is 11.6 Å². The number of aliphatic carboxylic acids is 1. The fourth-order valence-electron chi connectivity index (χ4n) is 2.45. The molecule has 0 radical (unpaired) electrons. The number of phenols is 1. The second kappa shape index (κ2) is 11.2. The molecule has 142 valence electrons. The van der Waals surface area contributed by atoms with Crippen LogP contribution in [0, 0.1) is 5.82 Å². The summed E-state index contributed by atoms with van der Waals surface area (Å²) in [5, 5.41) is 26.8. The molecular weight excluding hydrogens is 337 g/mol. The van der Waals surface area contributed by atoms with Crippen LogP contribution in [-0.2, 0) is 11.2 Å². The number of carboxylic acids is 1. The van der Waals surface area contributed by atoms with Crippen molar-refractivity contribution in [2.75, 3.05) is 20.1 Å². The predicted molar refractivity (Wildman–Crippen MR) is 98.6 cm³/mol. The Bertz CT molecular complexity index is 672. The van der Waals surface area contributed by atoms with E-state index in [0.717, 1.165) is 26.3 Å². The largest absolute Gasteiger partial charge is 0.508 e. The van der Waals surface area contributed by atoms with Gasteiger partial charge in [-0.1, -0.05) is 30.3 Å². The van der Waals surface area contributed by atoms with Gasteiger partial charge in [-0.3, -0.25) is 4.79 Å². The third kappa shape index (κ3) is 8.60. The summed E-state index contributed by atoms with van der Waals surface area (Å²) < 4.78 is 13.6. The molecule has 6 heteroatoms. The van der Waals surface area contributed by atoms with E-state index in [1.807, 2.05) is 24.1 Å². The molecule has 1 atom stereocenters. The lowest BCUT2D eigenvalue weighted by Gasteiger charge is -2.21. The predicted octanol–water partition coefficient (Wildman–Crippen LogP) is 3.22. The smallest absolute Gasteiger partial charge is 0.300 e. The highest BCUT2D eigenvalue weighted by atomic mass is 19.1. The Morgan fingerprint density at radius 1 is 1.15 bits per heavy atom. The van der Waals surface area contributed by atoms with Gasteiger partial charge in [-0.25, -0.2) is 4.39 Å². The fraction of sp³-hybridized carbons (Fsp3) is 0.350.